The number of nitrogens with one attached hydrogen (secondary N) is 1. The molecule has 0 unspecified atom stereocenters. The van der Waals surface area contributed by atoms with Gasteiger partial charge in [0.15, 0.2) is 0 Å². The molecule has 2 heterocycles. The Balaban J connectivity index is 1.93. The fraction of sp³-hybridized carbons (Fsp3) is 0.286. The molecule has 158 valence electrons. The number of benzene rings is 1. The number of anilines is 2. The zero-order valence-corrected chi connectivity index (χ0v) is 16.8. The molecule has 1 N–H and O–H groups in total. The third-order valence-corrected chi connectivity index (χ3v) is 4.56. The minimum Gasteiger partial charge on any atom is -0.465 e. The Kier molecular flexibility index (Phi) is 6.87. The highest BCUT2D eigenvalue weighted by Crippen LogP contribution is 2.28. The van der Waals surface area contributed by atoms with Crippen LogP contribution in [0.15, 0.2) is 60.0 Å². The highest BCUT2D eigenvalue weighted by molar-refractivity contribution is 6.05. The second-order valence-electron chi connectivity index (χ2n) is 6.40. The van der Waals surface area contributed by atoms with Crippen LogP contribution in [-0.4, -0.2) is 63.4 Å². The Hall–Kier alpha value is -3.59. The highest BCUT2D eigenvalue weighted by atomic mass is 16.5. The number of rotatable bonds is 4. The summed E-state index contributed by atoms with van der Waals surface area (Å²) in [5.74, 6) is -1.37. The van der Waals surface area contributed by atoms with E-state index in [-0.39, 0.29) is 17.3 Å². The molecule has 9 heteroatoms. The molecule has 2 aliphatic heterocycles. The first-order valence-corrected chi connectivity index (χ1v) is 9.34. The molecule has 0 aliphatic carbocycles. The van der Waals surface area contributed by atoms with E-state index < -0.39 is 11.9 Å². The molecule has 1 fully saturated rings. The molecule has 3 rings (SSSR count). The third kappa shape index (κ3) is 4.69. The zero-order chi connectivity index (χ0) is 21.5. The number of morpholine rings is 1. The number of esters is 2. The van der Waals surface area contributed by atoms with Crippen LogP contribution in [0.5, 0.6) is 0 Å². The van der Waals surface area contributed by atoms with Crippen LogP contribution in [-0.2, 0) is 23.8 Å². The van der Waals surface area contributed by atoms with E-state index in [4.69, 9.17) is 14.2 Å². The molecule has 1 saturated heterocycles. The Morgan fingerprint density at radius 1 is 1.03 bits per heavy atom. The quantitative estimate of drug-likeness (QED) is 0.755. The lowest BCUT2D eigenvalue weighted by atomic mass is 10.1. The summed E-state index contributed by atoms with van der Waals surface area (Å²) in [5, 5.41) is 2.85. The van der Waals surface area contributed by atoms with Crippen molar-refractivity contribution in [2.75, 3.05) is 50.7 Å². The maximum absolute atomic E-state index is 12.5. The van der Waals surface area contributed by atoms with E-state index >= 15 is 0 Å². The fourth-order valence-corrected chi connectivity index (χ4v) is 3.07. The predicted molar refractivity (Wildman–Crippen MR) is 110 cm³/mol. The van der Waals surface area contributed by atoms with Crippen LogP contribution in [0.25, 0.3) is 0 Å². The fourth-order valence-electron chi connectivity index (χ4n) is 3.07. The minimum atomic E-state index is -0.700. The summed E-state index contributed by atoms with van der Waals surface area (Å²) >= 11 is 0. The molecule has 0 bridgehead atoms. The molecular weight excluding hydrogens is 390 g/mol. The van der Waals surface area contributed by atoms with Crippen molar-refractivity contribution in [2.24, 2.45) is 0 Å². The Morgan fingerprint density at radius 3 is 2.47 bits per heavy atom. The van der Waals surface area contributed by atoms with Crippen LogP contribution < -0.4 is 10.2 Å². The maximum atomic E-state index is 12.5. The van der Waals surface area contributed by atoms with Gasteiger partial charge in [0, 0.05) is 30.7 Å². The van der Waals surface area contributed by atoms with Crippen molar-refractivity contribution in [3.8, 4) is 0 Å². The monoisotopic (exact) mass is 413 g/mol. The topological polar surface area (TPSA) is 97.4 Å². The van der Waals surface area contributed by atoms with Gasteiger partial charge in [-0.15, -0.1) is 0 Å². The molecule has 0 radical (unpaired) electrons. The number of nitrogens with zero attached hydrogens (tertiary/aromatic N) is 2. The van der Waals surface area contributed by atoms with Gasteiger partial charge in [0.05, 0.1) is 33.0 Å². The van der Waals surface area contributed by atoms with Gasteiger partial charge >= 0.3 is 18.0 Å². The van der Waals surface area contributed by atoms with Crippen LogP contribution in [0.4, 0.5) is 16.2 Å². The van der Waals surface area contributed by atoms with Gasteiger partial charge in [0.1, 0.15) is 5.70 Å². The van der Waals surface area contributed by atoms with Gasteiger partial charge in [-0.25, -0.2) is 14.4 Å². The predicted octanol–water partition coefficient (Wildman–Crippen LogP) is 2.04. The van der Waals surface area contributed by atoms with Gasteiger partial charge in [-0.3, -0.25) is 0 Å². The SMILES string of the molecule is COC(=O)C1=C(C(=O)OC)N(c2cccc(NC(=O)N3CCOCC3)c2)C=CC=C1. The van der Waals surface area contributed by atoms with Gasteiger partial charge in [-0.1, -0.05) is 12.1 Å². The number of methoxy groups -OCH3 is 2. The van der Waals surface area contributed by atoms with Crippen LogP contribution in [0, 0.1) is 0 Å². The van der Waals surface area contributed by atoms with Crippen molar-refractivity contribution in [1.82, 2.24) is 4.90 Å². The Labute approximate surface area is 174 Å². The van der Waals surface area contributed by atoms with Crippen LogP contribution >= 0.6 is 0 Å². The van der Waals surface area contributed by atoms with Gasteiger partial charge in [0.2, 0.25) is 0 Å². The van der Waals surface area contributed by atoms with E-state index in [2.05, 4.69) is 5.32 Å². The van der Waals surface area contributed by atoms with Crippen LogP contribution in [0.2, 0.25) is 0 Å². The number of hydrogen-bond donors (Lipinski definition) is 1. The van der Waals surface area contributed by atoms with Gasteiger partial charge in [-0.2, -0.15) is 0 Å². The van der Waals surface area contributed by atoms with E-state index in [9.17, 15) is 14.4 Å². The molecule has 0 saturated carbocycles. The van der Waals surface area contributed by atoms with Crippen LogP contribution in [0.3, 0.4) is 0 Å². The van der Waals surface area contributed by atoms with Crippen molar-refractivity contribution in [1.29, 1.82) is 0 Å². The molecule has 9 nitrogen and oxygen atoms in total. The molecular formula is C21H23N3O6. The summed E-state index contributed by atoms with van der Waals surface area (Å²) in [6.07, 6.45) is 6.41. The normalized spacial score (nSPS) is 16.2. The largest absolute Gasteiger partial charge is 0.465 e. The van der Waals surface area contributed by atoms with Crippen LogP contribution in [0.1, 0.15) is 0 Å². The van der Waals surface area contributed by atoms with E-state index in [1.165, 1.54) is 25.2 Å². The van der Waals surface area contributed by atoms with Crippen molar-refractivity contribution >= 4 is 29.3 Å². The van der Waals surface area contributed by atoms with Gasteiger partial charge < -0.3 is 29.3 Å². The number of amides is 2. The molecule has 0 atom stereocenters. The van der Waals surface area contributed by atoms with E-state index in [1.54, 1.807) is 47.5 Å². The number of carbonyl (C=O) groups excluding carboxylic acids is 3. The Bertz CT molecular complexity index is 915. The van der Waals surface area contributed by atoms with E-state index in [0.29, 0.717) is 37.7 Å². The van der Waals surface area contributed by atoms with Crippen molar-refractivity contribution in [2.45, 2.75) is 0 Å². The molecule has 1 aromatic rings. The number of carbonyl (C=O) groups is 3. The first-order chi connectivity index (χ1) is 14.5. The molecule has 1 aromatic carbocycles. The smallest absolute Gasteiger partial charge is 0.355 e. The highest BCUT2D eigenvalue weighted by Gasteiger charge is 2.27. The van der Waals surface area contributed by atoms with E-state index in [0.717, 1.165) is 0 Å². The van der Waals surface area contributed by atoms with Gasteiger partial charge in [0.25, 0.3) is 0 Å². The lowest BCUT2D eigenvalue weighted by molar-refractivity contribution is -0.139. The number of urea groups is 1. The molecule has 30 heavy (non-hydrogen) atoms. The average molecular weight is 413 g/mol. The second-order valence-corrected chi connectivity index (χ2v) is 6.40. The lowest BCUT2D eigenvalue weighted by Crippen LogP contribution is -2.43. The third-order valence-electron chi connectivity index (χ3n) is 4.56. The molecule has 0 aromatic heterocycles. The number of hydrogen-bond acceptors (Lipinski definition) is 7. The Morgan fingerprint density at radius 2 is 1.77 bits per heavy atom. The molecule has 0 spiro atoms. The van der Waals surface area contributed by atoms with Crippen molar-refractivity contribution in [3.63, 3.8) is 0 Å². The first kappa shape index (κ1) is 21.1. The summed E-state index contributed by atoms with van der Waals surface area (Å²) in [6.45, 7) is 2.04. The van der Waals surface area contributed by atoms with Crippen molar-refractivity contribution < 1.29 is 28.6 Å². The lowest BCUT2D eigenvalue weighted by Gasteiger charge is -2.27. The van der Waals surface area contributed by atoms with Crippen molar-refractivity contribution in [3.05, 3.63) is 60.0 Å². The summed E-state index contributed by atoms with van der Waals surface area (Å²) in [4.78, 5) is 40.4. The molecule has 2 amide bonds. The summed E-state index contributed by atoms with van der Waals surface area (Å²) < 4.78 is 15.0. The number of allylic oxidation sites excluding steroid dienone is 2. The molecule has 2 aliphatic rings. The first-order valence-electron chi connectivity index (χ1n) is 9.34. The van der Waals surface area contributed by atoms with E-state index in [1.807, 2.05) is 0 Å². The average Bonchev–Trinajstić information content (AvgIpc) is 3.02. The number of ether oxygens (including phenoxy) is 3. The van der Waals surface area contributed by atoms with Gasteiger partial charge in [-0.05, 0) is 30.4 Å². The summed E-state index contributed by atoms with van der Waals surface area (Å²) in [5.41, 5.74) is 1.15. The standard InChI is InChI=1S/C21H23N3O6/c1-28-19(25)17-8-3-4-9-24(18(17)20(26)29-2)16-7-5-6-15(14-16)22-21(27)23-10-12-30-13-11-23/h3-9,14H,10-13H2,1-2H3,(H,22,27). The minimum absolute atomic E-state index is 0.00556. The second kappa shape index (κ2) is 9.75. The summed E-state index contributed by atoms with van der Waals surface area (Å²) in [7, 11) is 2.47. The zero-order valence-electron chi connectivity index (χ0n) is 16.8. The maximum Gasteiger partial charge on any atom is 0.355 e. The summed E-state index contributed by atoms with van der Waals surface area (Å²) in [6, 6.07) is 6.69.